The zero-order valence-electron chi connectivity index (χ0n) is 15.1. The molecule has 5 heteroatoms. The van der Waals surface area contributed by atoms with Gasteiger partial charge in [-0.1, -0.05) is 53.5 Å². The molecule has 2 aliphatic carbocycles. The molecule has 132 valence electrons. The molecule has 1 aromatic rings. The molecule has 1 N–H and O–H groups in total. The minimum atomic E-state index is 0.407. The van der Waals surface area contributed by atoms with Crippen LogP contribution in [0.4, 0.5) is 5.69 Å². The number of para-hydroxylation sites is 1. The van der Waals surface area contributed by atoms with E-state index in [-0.39, 0.29) is 0 Å². The molecular formula is C20H25ClN3S+. The lowest BCUT2D eigenvalue weighted by molar-refractivity contribution is -0.856. The van der Waals surface area contributed by atoms with Gasteiger partial charge in [0.05, 0.1) is 14.1 Å². The number of hydrogen-bond donors (Lipinski definition) is 1. The van der Waals surface area contributed by atoms with Crippen molar-refractivity contribution in [3.63, 3.8) is 0 Å². The Morgan fingerprint density at radius 1 is 1.24 bits per heavy atom. The number of halogens is 1. The lowest BCUT2D eigenvalue weighted by Gasteiger charge is -2.25. The molecule has 1 heterocycles. The molecule has 0 aromatic heterocycles. The molecule has 0 spiro atoms. The Morgan fingerprint density at radius 2 is 2.00 bits per heavy atom. The maximum atomic E-state index is 6.39. The molecular weight excluding hydrogens is 350 g/mol. The van der Waals surface area contributed by atoms with Gasteiger partial charge in [-0.05, 0) is 48.6 Å². The number of thiocarbonyl (C=S) groups is 1. The van der Waals surface area contributed by atoms with Gasteiger partial charge in [-0.2, -0.15) is 4.59 Å². The van der Waals surface area contributed by atoms with Gasteiger partial charge in [-0.15, -0.1) is 0 Å². The lowest BCUT2D eigenvalue weighted by atomic mass is 9.82. The van der Waals surface area contributed by atoms with Gasteiger partial charge in [0.2, 0.25) is 5.17 Å². The molecule has 2 bridgehead atoms. The molecule has 0 amide bonds. The van der Waals surface area contributed by atoms with Crippen molar-refractivity contribution in [2.75, 3.05) is 19.4 Å². The highest BCUT2D eigenvalue weighted by atomic mass is 35.5. The first kappa shape index (κ1) is 17.2. The molecule has 1 aliphatic heterocycles. The Labute approximate surface area is 160 Å². The molecule has 4 rings (SSSR count). The second-order valence-electron chi connectivity index (χ2n) is 8.07. The predicted molar refractivity (Wildman–Crippen MR) is 109 cm³/mol. The normalized spacial score (nSPS) is 29.9. The standard InChI is InChI=1S/C20H24ClN3S/c1-12-18(19(21)23-24(12,2)3)20(25)22-17-7-5-4-6-15(17)16-11-13-8-9-14(16)10-13/h4-7,13-14,16H,8-11H2,1-3H3/p+1. The van der Waals surface area contributed by atoms with Crippen LogP contribution in [0.1, 0.15) is 44.1 Å². The highest BCUT2D eigenvalue weighted by Crippen LogP contribution is 2.54. The number of nitrogens with one attached hydrogen (secondary N) is 1. The summed E-state index contributed by atoms with van der Waals surface area (Å²) in [6.45, 7) is 2.05. The van der Waals surface area contributed by atoms with E-state index in [0.717, 1.165) is 28.8 Å². The van der Waals surface area contributed by atoms with Crippen molar-refractivity contribution < 1.29 is 4.59 Å². The van der Waals surface area contributed by atoms with Crippen molar-refractivity contribution in [1.29, 1.82) is 0 Å². The molecule has 1 aromatic carbocycles. The van der Waals surface area contributed by atoms with Crippen LogP contribution in [-0.4, -0.2) is 28.8 Å². The first-order valence-corrected chi connectivity index (χ1v) is 9.87. The van der Waals surface area contributed by atoms with Crippen LogP contribution in [0.25, 0.3) is 0 Å². The van der Waals surface area contributed by atoms with Crippen LogP contribution in [0.5, 0.6) is 0 Å². The summed E-state index contributed by atoms with van der Waals surface area (Å²) < 4.78 is 0.407. The third-order valence-corrected chi connectivity index (χ3v) is 6.87. The minimum Gasteiger partial charge on any atom is -0.346 e. The largest absolute Gasteiger partial charge is 0.346 e. The average Bonchev–Trinajstić information content (AvgIpc) is 3.22. The molecule has 0 radical (unpaired) electrons. The van der Waals surface area contributed by atoms with Crippen LogP contribution < -0.4 is 5.32 Å². The fourth-order valence-electron chi connectivity index (χ4n) is 4.77. The van der Waals surface area contributed by atoms with E-state index in [1.54, 1.807) is 0 Å². The monoisotopic (exact) mass is 374 g/mol. The number of anilines is 1. The third kappa shape index (κ3) is 2.94. The van der Waals surface area contributed by atoms with Crippen molar-refractivity contribution in [1.82, 2.24) is 0 Å². The summed E-state index contributed by atoms with van der Waals surface area (Å²) in [4.78, 5) is 0.672. The summed E-state index contributed by atoms with van der Waals surface area (Å²) in [5.74, 6) is 2.43. The van der Waals surface area contributed by atoms with E-state index in [2.05, 4.69) is 34.7 Å². The van der Waals surface area contributed by atoms with Gasteiger partial charge in [0.15, 0.2) is 0 Å². The van der Waals surface area contributed by atoms with Crippen molar-refractivity contribution >= 4 is 39.7 Å². The summed E-state index contributed by atoms with van der Waals surface area (Å²) in [7, 11) is 4.02. The Balaban J connectivity index is 1.61. The van der Waals surface area contributed by atoms with Crippen molar-refractivity contribution in [3.8, 4) is 0 Å². The maximum absolute atomic E-state index is 6.39. The molecule has 3 nitrogen and oxygen atoms in total. The predicted octanol–water partition coefficient (Wildman–Crippen LogP) is 5.25. The molecule has 3 unspecified atom stereocenters. The van der Waals surface area contributed by atoms with Crippen molar-refractivity contribution in [3.05, 3.63) is 41.1 Å². The zero-order valence-corrected chi connectivity index (χ0v) is 16.6. The van der Waals surface area contributed by atoms with E-state index in [4.69, 9.17) is 23.8 Å². The first-order chi connectivity index (χ1) is 11.9. The Bertz CT molecular complexity index is 796. The second-order valence-corrected chi connectivity index (χ2v) is 8.83. The third-order valence-electron chi connectivity index (χ3n) is 6.30. The molecule has 25 heavy (non-hydrogen) atoms. The Morgan fingerprint density at radius 3 is 2.60 bits per heavy atom. The van der Waals surface area contributed by atoms with Gasteiger partial charge in [0.25, 0.3) is 0 Å². The topological polar surface area (TPSA) is 24.4 Å². The average molecular weight is 375 g/mol. The highest BCUT2D eigenvalue weighted by Gasteiger charge is 2.41. The zero-order chi connectivity index (χ0) is 17.8. The molecule has 2 saturated carbocycles. The number of nitrogens with zero attached hydrogens (tertiary/aromatic N) is 2. The van der Waals surface area contributed by atoms with Crippen LogP contribution in [-0.2, 0) is 0 Å². The van der Waals surface area contributed by atoms with E-state index in [1.165, 1.54) is 31.2 Å². The summed E-state index contributed by atoms with van der Waals surface area (Å²) in [6.07, 6.45) is 5.52. The van der Waals surface area contributed by atoms with Gasteiger partial charge in [0, 0.05) is 12.6 Å². The summed E-state index contributed by atoms with van der Waals surface area (Å²) in [5, 5.41) is 8.48. The fraction of sp³-hybridized carbons (Fsp3) is 0.500. The first-order valence-electron chi connectivity index (χ1n) is 9.08. The van der Waals surface area contributed by atoms with Crippen LogP contribution in [0.3, 0.4) is 0 Å². The number of benzene rings is 1. The van der Waals surface area contributed by atoms with Crippen LogP contribution in [0, 0.1) is 11.8 Å². The Hall–Kier alpha value is -1.23. The smallest absolute Gasteiger partial charge is 0.200 e. The molecule has 3 aliphatic rings. The fourth-order valence-corrected chi connectivity index (χ4v) is 5.60. The van der Waals surface area contributed by atoms with Crippen LogP contribution in [0.15, 0.2) is 40.6 Å². The van der Waals surface area contributed by atoms with E-state index in [9.17, 15) is 0 Å². The van der Waals surface area contributed by atoms with Crippen molar-refractivity contribution in [2.45, 2.75) is 38.5 Å². The summed E-state index contributed by atoms with van der Waals surface area (Å²) in [5.41, 5.74) is 4.48. The SMILES string of the molecule is CC1=C(C(=S)Nc2ccccc2C2CC3CCC2C3)C(Cl)=N[N+]1(C)C. The molecule has 2 fully saturated rings. The quantitative estimate of drug-likeness (QED) is 0.577. The summed E-state index contributed by atoms with van der Waals surface area (Å²) in [6, 6.07) is 8.63. The Kier molecular flexibility index (Phi) is 4.25. The van der Waals surface area contributed by atoms with Crippen molar-refractivity contribution in [2.24, 2.45) is 16.9 Å². The number of fused-ring (bicyclic) bond motifs is 2. The number of hydrogen-bond acceptors (Lipinski definition) is 2. The number of quaternary nitrogens is 1. The maximum Gasteiger partial charge on any atom is 0.200 e. The van der Waals surface area contributed by atoms with E-state index < -0.39 is 0 Å². The van der Waals surface area contributed by atoms with E-state index >= 15 is 0 Å². The lowest BCUT2D eigenvalue weighted by Crippen LogP contribution is -2.29. The van der Waals surface area contributed by atoms with Gasteiger partial charge in [-0.3, -0.25) is 0 Å². The minimum absolute atomic E-state index is 0.407. The van der Waals surface area contributed by atoms with E-state index in [1.807, 2.05) is 21.0 Å². The molecule has 0 saturated heterocycles. The number of rotatable bonds is 3. The van der Waals surface area contributed by atoms with Gasteiger partial charge < -0.3 is 5.32 Å². The van der Waals surface area contributed by atoms with Gasteiger partial charge in [-0.25, -0.2) is 0 Å². The van der Waals surface area contributed by atoms with Crippen LogP contribution >= 0.6 is 23.8 Å². The number of allylic oxidation sites excluding steroid dienone is 1. The summed E-state index contributed by atoms with van der Waals surface area (Å²) >= 11 is 12.1. The van der Waals surface area contributed by atoms with Gasteiger partial charge >= 0.3 is 0 Å². The highest BCUT2D eigenvalue weighted by molar-refractivity contribution is 7.81. The molecule has 3 atom stereocenters. The second kappa shape index (κ2) is 6.19. The van der Waals surface area contributed by atoms with Gasteiger partial charge in [0.1, 0.15) is 16.3 Å². The van der Waals surface area contributed by atoms with E-state index in [0.29, 0.717) is 20.7 Å². The van der Waals surface area contributed by atoms with Crippen LogP contribution in [0.2, 0.25) is 0 Å².